The van der Waals surface area contributed by atoms with E-state index >= 15 is 0 Å². The number of rotatable bonds is 5. The first-order valence-corrected chi connectivity index (χ1v) is 9.66. The summed E-state index contributed by atoms with van der Waals surface area (Å²) in [5, 5.41) is 19.4. The average Bonchev–Trinajstić information content (AvgIpc) is 2.67. The molecule has 1 N–H and O–H groups in total. The number of aromatic nitrogens is 1. The first-order valence-electron chi connectivity index (χ1n) is 9.66. The molecule has 0 saturated carbocycles. The molecule has 1 heterocycles. The number of aryl methyl sites for hydroxylation is 1. The molecular weight excluding hydrogens is 360 g/mol. The molecule has 4 nitrogen and oxygen atoms in total. The van der Waals surface area contributed by atoms with Gasteiger partial charge in [0.1, 0.15) is 6.07 Å². The molecular formula is C25H24N2O2. The van der Waals surface area contributed by atoms with E-state index in [-0.39, 0.29) is 5.56 Å². The average molecular weight is 384 g/mol. The van der Waals surface area contributed by atoms with Gasteiger partial charge in [0, 0.05) is 11.1 Å². The molecule has 0 aliphatic heterocycles. The SMILES string of the molecule is Cc1ccc(-c2cc(-c3cccc(C(=O)O)c3C)nc(CC(C)C)c2C#N)cc1. The van der Waals surface area contributed by atoms with Crippen molar-refractivity contribution in [3.05, 3.63) is 76.5 Å². The molecule has 0 saturated heterocycles. The molecule has 0 bridgehead atoms. The number of pyridine rings is 1. The van der Waals surface area contributed by atoms with Gasteiger partial charge < -0.3 is 5.11 Å². The number of carboxylic acid groups (broad SMARTS) is 1. The molecule has 146 valence electrons. The maximum absolute atomic E-state index is 11.6. The van der Waals surface area contributed by atoms with E-state index in [1.165, 1.54) is 0 Å². The van der Waals surface area contributed by atoms with Crippen molar-refractivity contribution in [2.75, 3.05) is 0 Å². The lowest BCUT2D eigenvalue weighted by molar-refractivity contribution is 0.0696. The molecule has 0 spiro atoms. The van der Waals surface area contributed by atoms with E-state index in [0.717, 1.165) is 27.9 Å². The Balaban J connectivity index is 2.30. The summed E-state index contributed by atoms with van der Waals surface area (Å²) < 4.78 is 0. The van der Waals surface area contributed by atoms with Crippen LogP contribution < -0.4 is 0 Å². The van der Waals surface area contributed by atoms with Crippen molar-refractivity contribution in [3.63, 3.8) is 0 Å². The number of carboxylic acids is 1. The molecule has 3 aromatic rings. The topological polar surface area (TPSA) is 74.0 Å². The molecule has 0 radical (unpaired) electrons. The van der Waals surface area contributed by atoms with Crippen LogP contribution >= 0.6 is 0 Å². The smallest absolute Gasteiger partial charge is 0.335 e. The maximum atomic E-state index is 11.6. The molecule has 0 aliphatic rings. The first-order chi connectivity index (χ1) is 13.8. The third-order valence-corrected chi connectivity index (χ3v) is 5.01. The van der Waals surface area contributed by atoms with E-state index in [4.69, 9.17) is 4.98 Å². The predicted molar refractivity (Wildman–Crippen MR) is 115 cm³/mol. The lowest BCUT2D eigenvalue weighted by atomic mass is 9.92. The minimum absolute atomic E-state index is 0.260. The number of aromatic carboxylic acids is 1. The van der Waals surface area contributed by atoms with Gasteiger partial charge in [0.05, 0.1) is 22.5 Å². The van der Waals surface area contributed by atoms with Gasteiger partial charge in [-0.15, -0.1) is 0 Å². The van der Waals surface area contributed by atoms with Crippen molar-refractivity contribution in [2.24, 2.45) is 5.92 Å². The van der Waals surface area contributed by atoms with E-state index in [2.05, 4.69) is 19.9 Å². The van der Waals surface area contributed by atoms with Gasteiger partial charge in [-0.3, -0.25) is 4.98 Å². The van der Waals surface area contributed by atoms with Crippen LogP contribution in [0.5, 0.6) is 0 Å². The predicted octanol–water partition coefficient (Wildman–Crippen LogP) is 5.80. The molecule has 0 aliphatic carbocycles. The van der Waals surface area contributed by atoms with Gasteiger partial charge in [-0.25, -0.2) is 4.79 Å². The minimum atomic E-state index is -0.959. The second-order valence-corrected chi connectivity index (χ2v) is 7.74. The molecule has 4 heteroatoms. The van der Waals surface area contributed by atoms with E-state index in [0.29, 0.717) is 29.2 Å². The quantitative estimate of drug-likeness (QED) is 0.603. The Labute approximate surface area is 171 Å². The summed E-state index contributed by atoms with van der Waals surface area (Å²) in [6, 6.07) is 17.5. The molecule has 1 aromatic heterocycles. The molecule has 0 unspecified atom stereocenters. The van der Waals surface area contributed by atoms with Crippen molar-refractivity contribution in [1.29, 1.82) is 5.26 Å². The van der Waals surface area contributed by atoms with Crippen LogP contribution in [-0.4, -0.2) is 16.1 Å². The minimum Gasteiger partial charge on any atom is -0.478 e. The summed E-state index contributed by atoms with van der Waals surface area (Å²) in [7, 11) is 0. The highest BCUT2D eigenvalue weighted by molar-refractivity contribution is 5.92. The van der Waals surface area contributed by atoms with Crippen LogP contribution in [0.1, 0.15) is 46.6 Å². The Morgan fingerprint density at radius 3 is 2.38 bits per heavy atom. The van der Waals surface area contributed by atoms with Crippen LogP contribution in [0.2, 0.25) is 0 Å². The third-order valence-electron chi connectivity index (χ3n) is 5.01. The molecule has 29 heavy (non-hydrogen) atoms. The number of benzene rings is 2. The number of carbonyl (C=O) groups is 1. The molecule has 2 aromatic carbocycles. The van der Waals surface area contributed by atoms with Gasteiger partial charge in [-0.2, -0.15) is 5.26 Å². The number of nitriles is 1. The lowest BCUT2D eigenvalue weighted by Gasteiger charge is -2.16. The van der Waals surface area contributed by atoms with Gasteiger partial charge in [-0.1, -0.05) is 55.8 Å². The molecule has 3 rings (SSSR count). The van der Waals surface area contributed by atoms with Gasteiger partial charge in [-0.05, 0) is 49.4 Å². The van der Waals surface area contributed by atoms with E-state index in [1.54, 1.807) is 19.1 Å². The molecule has 0 amide bonds. The van der Waals surface area contributed by atoms with Gasteiger partial charge in [0.2, 0.25) is 0 Å². The zero-order valence-corrected chi connectivity index (χ0v) is 17.2. The highest BCUT2D eigenvalue weighted by Crippen LogP contribution is 2.33. The maximum Gasteiger partial charge on any atom is 0.335 e. The largest absolute Gasteiger partial charge is 0.478 e. The second kappa shape index (κ2) is 8.28. The van der Waals surface area contributed by atoms with E-state index < -0.39 is 5.97 Å². The fourth-order valence-electron chi connectivity index (χ4n) is 3.50. The van der Waals surface area contributed by atoms with Crippen molar-refractivity contribution < 1.29 is 9.90 Å². The van der Waals surface area contributed by atoms with Crippen LogP contribution in [0.15, 0.2) is 48.5 Å². The number of nitrogens with zero attached hydrogens (tertiary/aromatic N) is 2. The highest BCUT2D eigenvalue weighted by atomic mass is 16.4. The number of hydrogen-bond donors (Lipinski definition) is 1. The summed E-state index contributed by atoms with van der Waals surface area (Å²) in [6.07, 6.45) is 0.674. The van der Waals surface area contributed by atoms with Crippen LogP contribution in [-0.2, 0) is 6.42 Å². The zero-order valence-electron chi connectivity index (χ0n) is 17.2. The molecule has 0 atom stereocenters. The first kappa shape index (κ1) is 20.3. The lowest BCUT2D eigenvalue weighted by Crippen LogP contribution is -2.06. The highest BCUT2D eigenvalue weighted by Gasteiger charge is 2.18. The molecule has 0 fully saturated rings. The van der Waals surface area contributed by atoms with E-state index in [1.807, 2.05) is 43.3 Å². The van der Waals surface area contributed by atoms with E-state index in [9.17, 15) is 15.2 Å². The van der Waals surface area contributed by atoms with Crippen LogP contribution in [0.4, 0.5) is 0 Å². The summed E-state index contributed by atoms with van der Waals surface area (Å²) in [4.78, 5) is 16.4. The fraction of sp³-hybridized carbons (Fsp3) is 0.240. The Morgan fingerprint density at radius 2 is 1.79 bits per heavy atom. The summed E-state index contributed by atoms with van der Waals surface area (Å²) in [5.74, 6) is -0.624. The van der Waals surface area contributed by atoms with Crippen LogP contribution in [0, 0.1) is 31.1 Å². The normalized spacial score (nSPS) is 10.8. The van der Waals surface area contributed by atoms with Crippen LogP contribution in [0.25, 0.3) is 22.4 Å². The van der Waals surface area contributed by atoms with Crippen molar-refractivity contribution in [1.82, 2.24) is 4.98 Å². The Hall–Kier alpha value is -3.45. The third kappa shape index (κ3) is 4.20. The Bertz CT molecular complexity index is 1110. The van der Waals surface area contributed by atoms with Crippen molar-refractivity contribution in [3.8, 4) is 28.5 Å². The summed E-state index contributed by atoms with van der Waals surface area (Å²) >= 11 is 0. The fourth-order valence-corrected chi connectivity index (χ4v) is 3.50. The monoisotopic (exact) mass is 384 g/mol. The number of hydrogen-bond acceptors (Lipinski definition) is 3. The summed E-state index contributed by atoms with van der Waals surface area (Å²) in [6.45, 7) is 8.01. The van der Waals surface area contributed by atoms with Gasteiger partial charge in [0.25, 0.3) is 0 Å². The van der Waals surface area contributed by atoms with Crippen molar-refractivity contribution in [2.45, 2.75) is 34.1 Å². The Morgan fingerprint density at radius 1 is 1.10 bits per heavy atom. The van der Waals surface area contributed by atoms with Gasteiger partial charge in [0.15, 0.2) is 0 Å². The van der Waals surface area contributed by atoms with Gasteiger partial charge >= 0.3 is 5.97 Å². The second-order valence-electron chi connectivity index (χ2n) is 7.74. The standard InChI is InChI=1S/C25H24N2O2/c1-15(2)12-23-22(14-26)21(18-10-8-16(3)9-11-18)13-24(27-23)19-6-5-7-20(17(19)4)25(28)29/h5-11,13,15H,12H2,1-4H3,(H,28,29). The van der Waals surface area contributed by atoms with Crippen molar-refractivity contribution >= 4 is 5.97 Å². The summed E-state index contributed by atoms with van der Waals surface area (Å²) in [5.41, 5.74) is 6.64. The zero-order chi connectivity index (χ0) is 21.1. The Kier molecular flexibility index (Phi) is 5.79. The van der Waals surface area contributed by atoms with Crippen LogP contribution in [0.3, 0.4) is 0 Å².